The van der Waals surface area contributed by atoms with Crippen molar-refractivity contribution >= 4 is 0 Å². The zero-order valence-electron chi connectivity index (χ0n) is 13.9. The Kier molecular flexibility index (Phi) is 6.56. The van der Waals surface area contributed by atoms with E-state index in [4.69, 9.17) is 4.74 Å². The van der Waals surface area contributed by atoms with Crippen molar-refractivity contribution in [2.75, 3.05) is 13.2 Å². The topological polar surface area (TPSA) is 21.3 Å². The Bertz CT molecular complexity index is 401. The van der Waals surface area contributed by atoms with E-state index in [0.717, 1.165) is 30.7 Å². The maximum atomic E-state index is 5.56. The summed E-state index contributed by atoms with van der Waals surface area (Å²) < 4.78 is 5.56. The lowest BCUT2D eigenvalue weighted by Gasteiger charge is -2.34. The van der Waals surface area contributed by atoms with Crippen LogP contribution in [0.15, 0.2) is 24.3 Å². The smallest absolute Gasteiger partial charge is 0.119 e. The predicted molar refractivity (Wildman–Crippen MR) is 89.8 cm³/mol. The van der Waals surface area contributed by atoms with Crippen molar-refractivity contribution in [1.82, 2.24) is 5.32 Å². The highest BCUT2D eigenvalue weighted by Gasteiger charge is 2.27. The van der Waals surface area contributed by atoms with Gasteiger partial charge in [-0.05, 0) is 62.3 Å². The minimum atomic E-state index is 0.503. The van der Waals surface area contributed by atoms with Crippen LogP contribution < -0.4 is 10.1 Å². The summed E-state index contributed by atoms with van der Waals surface area (Å²) >= 11 is 0. The van der Waals surface area contributed by atoms with Gasteiger partial charge < -0.3 is 10.1 Å². The molecule has 118 valence electrons. The molecule has 3 unspecified atom stereocenters. The van der Waals surface area contributed by atoms with Crippen LogP contribution in [0.5, 0.6) is 5.75 Å². The van der Waals surface area contributed by atoms with Crippen LogP contribution >= 0.6 is 0 Å². The van der Waals surface area contributed by atoms with Crippen LogP contribution in [0.4, 0.5) is 0 Å². The summed E-state index contributed by atoms with van der Waals surface area (Å²) in [6.07, 6.45) is 6.69. The Morgan fingerprint density at radius 3 is 2.57 bits per heavy atom. The standard InChI is InChI=1S/C19H31NO/c1-4-13-20-19(17-8-6-7-15(3)14-17)16-9-11-18(12-10-16)21-5-2/h9-12,15,17,19-20H,4-8,13-14H2,1-3H3. The molecule has 0 radical (unpaired) electrons. The van der Waals surface area contributed by atoms with Gasteiger partial charge in [0.25, 0.3) is 0 Å². The minimum absolute atomic E-state index is 0.503. The Morgan fingerprint density at radius 2 is 1.95 bits per heavy atom. The second-order valence-electron chi connectivity index (χ2n) is 6.47. The molecule has 1 saturated carbocycles. The monoisotopic (exact) mass is 289 g/mol. The van der Waals surface area contributed by atoms with Crippen LogP contribution in [0.2, 0.25) is 0 Å². The molecular weight excluding hydrogens is 258 g/mol. The van der Waals surface area contributed by atoms with Gasteiger partial charge in [-0.2, -0.15) is 0 Å². The lowest BCUT2D eigenvalue weighted by molar-refractivity contribution is 0.223. The average molecular weight is 289 g/mol. The summed E-state index contributed by atoms with van der Waals surface area (Å²) in [6.45, 7) is 8.51. The first kappa shape index (κ1) is 16.4. The molecular formula is C19H31NO. The molecule has 1 aliphatic carbocycles. The predicted octanol–water partition coefficient (Wildman–Crippen LogP) is 4.95. The van der Waals surface area contributed by atoms with Gasteiger partial charge in [0.05, 0.1) is 6.61 Å². The van der Waals surface area contributed by atoms with Crippen molar-refractivity contribution in [3.63, 3.8) is 0 Å². The molecule has 0 aromatic heterocycles. The van der Waals surface area contributed by atoms with Gasteiger partial charge in [0.2, 0.25) is 0 Å². The third-order valence-electron chi connectivity index (χ3n) is 4.61. The summed E-state index contributed by atoms with van der Waals surface area (Å²) in [6, 6.07) is 9.23. The molecule has 0 bridgehead atoms. The number of nitrogens with one attached hydrogen (secondary N) is 1. The molecule has 0 heterocycles. The van der Waals surface area contributed by atoms with Gasteiger partial charge in [-0.1, -0.05) is 38.8 Å². The van der Waals surface area contributed by atoms with Crippen molar-refractivity contribution < 1.29 is 4.74 Å². The van der Waals surface area contributed by atoms with Gasteiger partial charge in [-0.15, -0.1) is 0 Å². The molecule has 3 atom stereocenters. The second-order valence-corrected chi connectivity index (χ2v) is 6.47. The van der Waals surface area contributed by atoms with Crippen molar-refractivity contribution in [3.8, 4) is 5.75 Å². The molecule has 0 amide bonds. The largest absolute Gasteiger partial charge is 0.494 e. The number of benzene rings is 1. The average Bonchev–Trinajstić information content (AvgIpc) is 2.50. The highest BCUT2D eigenvalue weighted by Crippen LogP contribution is 2.37. The molecule has 1 aromatic rings. The first-order valence-corrected chi connectivity index (χ1v) is 8.70. The maximum Gasteiger partial charge on any atom is 0.119 e. The molecule has 2 nitrogen and oxygen atoms in total. The fourth-order valence-corrected chi connectivity index (χ4v) is 3.58. The first-order chi connectivity index (χ1) is 10.2. The SMILES string of the molecule is CCCNC(c1ccc(OCC)cc1)C1CCCC(C)C1. The lowest BCUT2D eigenvalue weighted by atomic mass is 9.76. The maximum absolute atomic E-state index is 5.56. The van der Waals surface area contributed by atoms with Gasteiger partial charge in [-0.25, -0.2) is 0 Å². The van der Waals surface area contributed by atoms with E-state index in [0.29, 0.717) is 6.04 Å². The fraction of sp³-hybridized carbons (Fsp3) is 0.684. The highest BCUT2D eigenvalue weighted by molar-refractivity contribution is 5.29. The Hall–Kier alpha value is -1.02. The molecule has 1 fully saturated rings. The van der Waals surface area contributed by atoms with Gasteiger partial charge in [0.15, 0.2) is 0 Å². The summed E-state index contributed by atoms with van der Waals surface area (Å²) in [7, 11) is 0. The lowest BCUT2D eigenvalue weighted by Crippen LogP contribution is -2.31. The van der Waals surface area contributed by atoms with Crippen LogP contribution in [0.25, 0.3) is 0 Å². The van der Waals surface area contributed by atoms with Crippen LogP contribution in [-0.2, 0) is 0 Å². The summed E-state index contributed by atoms with van der Waals surface area (Å²) in [5.41, 5.74) is 1.42. The van der Waals surface area contributed by atoms with E-state index in [2.05, 4.69) is 43.4 Å². The van der Waals surface area contributed by atoms with E-state index in [1.165, 1.54) is 37.7 Å². The van der Waals surface area contributed by atoms with E-state index < -0.39 is 0 Å². The van der Waals surface area contributed by atoms with Crippen LogP contribution in [0.3, 0.4) is 0 Å². The van der Waals surface area contributed by atoms with Crippen molar-refractivity contribution in [2.45, 2.75) is 58.9 Å². The van der Waals surface area contributed by atoms with Gasteiger partial charge in [0.1, 0.15) is 5.75 Å². The molecule has 0 aliphatic heterocycles. The third-order valence-corrected chi connectivity index (χ3v) is 4.61. The Labute approximate surface area is 130 Å². The zero-order chi connectivity index (χ0) is 15.1. The normalized spacial score (nSPS) is 23.8. The fourth-order valence-electron chi connectivity index (χ4n) is 3.58. The molecule has 1 N–H and O–H groups in total. The number of rotatable bonds is 7. The zero-order valence-corrected chi connectivity index (χ0v) is 13.9. The summed E-state index contributed by atoms with van der Waals surface area (Å²) in [4.78, 5) is 0. The van der Waals surface area contributed by atoms with E-state index in [-0.39, 0.29) is 0 Å². The number of hydrogen-bond donors (Lipinski definition) is 1. The number of ether oxygens (including phenoxy) is 1. The molecule has 2 rings (SSSR count). The summed E-state index contributed by atoms with van der Waals surface area (Å²) in [5, 5.41) is 3.79. The quantitative estimate of drug-likeness (QED) is 0.766. The van der Waals surface area contributed by atoms with E-state index in [1.54, 1.807) is 0 Å². The minimum Gasteiger partial charge on any atom is -0.494 e. The highest BCUT2D eigenvalue weighted by atomic mass is 16.5. The van der Waals surface area contributed by atoms with E-state index in [9.17, 15) is 0 Å². The van der Waals surface area contributed by atoms with E-state index >= 15 is 0 Å². The van der Waals surface area contributed by atoms with Crippen LogP contribution in [0.1, 0.15) is 64.5 Å². The second kappa shape index (κ2) is 8.43. The van der Waals surface area contributed by atoms with Crippen LogP contribution in [0, 0.1) is 11.8 Å². The van der Waals surface area contributed by atoms with E-state index in [1.807, 2.05) is 6.92 Å². The van der Waals surface area contributed by atoms with Gasteiger partial charge >= 0.3 is 0 Å². The molecule has 2 heteroatoms. The van der Waals surface area contributed by atoms with Crippen molar-refractivity contribution in [1.29, 1.82) is 0 Å². The molecule has 21 heavy (non-hydrogen) atoms. The van der Waals surface area contributed by atoms with Crippen LogP contribution in [-0.4, -0.2) is 13.2 Å². The van der Waals surface area contributed by atoms with Crippen molar-refractivity contribution in [2.24, 2.45) is 11.8 Å². The molecule has 0 spiro atoms. The van der Waals surface area contributed by atoms with Gasteiger partial charge in [-0.3, -0.25) is 0 Å². The molecule has 0 saturated heterocycles. The van der Waals surface area contributed by atoms with Gasteiger partial charge in [0, 0.05) is 6.04 Å². The van der Waals surface area contributed by atoms with Crippen molar-refractivity contribution in [3.05, 3.63) is 29.8 Å². The Morgan fingerprint density at radius 1 is 1.19 bits per heavy atom. The Balaban J connectivity index is 2.10. The summed E-state index contributed by atoms with van der Waals surface area (Å²) in [5.74, 6) is 2.63. The first-order valence-electron chi connectivity index (χ1n) is 8.70. The molecule has 1 aromatic carbocycles. The number of hydrogen-bond acceptors (Lipinski definition) is 2. The third kappa shape index (κ3) is 4.74. The molecule has 1 aliphatic rings.